The molecule has 0 fully saturated rings. The molecule has 2 aromatic heterocycles. The van der Waals surface area contributed by atoms with E-state index in [0.29, 0.717) is 79.0 Å². The lowest BCUT2D eigenvalue weighted by molar-refractivity contribution is 0.0517. The van der Waals surface area contributed by atoms with Gasteiger partial charge in [0.2, 0.25) is 0 Å². The number of esters is 2. The number of carbonyl (C=O) groups excluding carboxylic acids is 2. The van der Waals surface area contributed by atoms with Crippen molar-refractivity contribution in [3.05, 3.63) is 128 Å². The average Bonchev–Trinajstić information content (AvgIpc) is 3.91. The van der Waals surface area contributed by atoms with Crippen molar-refractivity contribution in [1.29, 1.82) is 0 Å². The zero-order chi connectivity index (χ0) is 44.3. The zero-order valence-electron chi connectivity index (χ0n) is 36.9. The molecule has 0 amide bonds. The SMILES string of the molecule is CCOC(=O)c1ccc2c(c1)C1=NC/2=N\c2c3cc(C)ccc3c3n2[Si](O[Si](C)(C)C)(O[Si](C)(C)C)n2/c(c4ccc(C(=O)OCC)cc4/c2=N/C2=NC(=N\3)/c3cc(C)ccc32)=N\1. The predicted octanol–water partition coefficient (Wildman–Crippen LogP) is 8.04. The number of hydrogen-bond donors (Lipinski definition) is 0. The molecule has 14 nitrogen and oxygen atoms in total. The third-order valence-electron chi connectivity index (χ3n) is 10.9. The molecule has 318 valence electrons. The van der Waals surface area contributed by atoms with Crippen LogP contribution in [0.25, 0.3) is 21.5 Å². The highest BCUT2D eigenvalue weighted by molar-refractivity contribution is 6.87. The van der Waals surface area contributed by atoms with Gasteiger partial charge in [-0.25, -0.2) is 39.5 Å². The van der Waals surface area contributed by atoms with Gasteiger partial charge in [-0.05, 0) is 116 Å². The number of benzene rings is 4. The van der Waals surface area contributed by atoms with Gasteiger partial charge in [-0.2, -0.15) is 0 Å². The number of fused-ring (bicyclic) bond motifs is 14. The fourth-order valence-electron chi connectivity index (χ4n) is 8.55. The highest BCUT2D eigenvalue weighted by atomic mass is 28.5. The van der Waals surface area contributed by atoms with Gasteiger partial charge in [0, 0.05) is 43.8 Å². The van der Waals surface area contributed by atoms with E-state index < -0.39 is 37.5 Å². The van der Waals surface area contributed by atoms with Crippen molar-refractivity contribution in [2.45, 2.75) is 67.0 Å². The lowest BCUT2D eigenvalue weighted by Crippen LogP contribution is -2.69. The van der Waals surface area contributed by atoms with Crippen LogP contribution in [0, 0.1) is 13.8 Å². The molecule has 0 spiro atoms. The minimum Gasteiger partial charge on any atom is -0.462 e. The molecular weight excluding hydrogens is 845 g/mol. The Morgan fingerprint density at radius 2 is 0.984 bits per heavy atom. The van der Waals surface area contributed by atoms with Gasteiger partial charge in [0.05, 0.1) is 24.3 Å². The fraction of sp³-hybridized carbons (Fsp3) is 0.261. The maximum Gasteiger partial charge on any atom is 0.582 e. The average molecular weight is 891 g/mol. The van der Waals surface area contributed by atoms with Crippen molar-refractivity contribution in [3.63, 3.8) is 0 Å². The summed E-state index contributed by atoms with van der Waals surface area (Å²) in [6, 6.07) is 23.2. The second kappa shape index (κ2) is 14.4. The van der Waals surface area contributed by atoms with E-state index in [4.69, 9.17) is 47.7 Å². The lowest BCUT2D eigenvalue weighted by atomic mass is 10.0. The van der Waals surface area contributed by atoms with E-state index in [1.807, 2.05) is 35.4 Å². The molecule has 10 rings (SSSR count). The first kappa shape index (κ1) is 40.8. The van der Waals surface area contributed by atoms with Gasteiger partial charge in [-0.1, -0.05) is 35.4 Å². The molecule has 6 aromatic rings. The zero-order valence-corrected chi connectivity index (χ0v) is 39.9. The van der Waals surface area contributed by atoms with Crippen molar-refractivity contribution >= 4 is 94.0 Å². The summed E-state index contributed by atoms with van der Waals surface area (Å²) in [5.41, 5.74) is 6.55. The Labute approximate surface area is 366 Å². The van der Waals surface area contributed by atoms with E-state index in [1.165, 1.54) is 0 Å². The van der Waals surface area contributed by atoms with Crippen LogP contribution in [0.4, 0.5) is 11.6 Å². The third-order valence-corrected chi connectivity index (χ3v) is 19.9. The summed E-state index contributed by atoms with van der Waals surface area (Å²) in [6.45, 7) is 21.0. The largest absolute Gasteiger partial charge is 0.582 e. The van der Waals surface area contributed by atoms with Crippen LogP contribution >= 0.6 is 0 Å². The highest BCUT2D eigenvalue weighted by Crippen LogP contribution is 2.45. The molecule has 0 radical (unpaired) electrons. The number of rotatable bonds is 8. The Kier molecular flexibility index (Phi) is 9.32. The smallest absolute Gasteiger partial charge is 0.462 e. The van der Waals surface area contributed by atoms with Crippen LogP contribution in [0.5, 0.6) is 0 Å². The number of aromatic nitrogens is 2. The van der Waals surface area contributed by atoms with Gasteiger partial charge in [-0.15, -0.1) is 0 Å². The summed E-state index contributed by atoms with van der Waals surface area (Å²) >= 11 is 0. The molecular formula is C46H46N8O6Si3. The van der Waals surface area contributed by atoms with Crippen LogP contribution in [-0.2, 0) is 17.7 Å². The van der Waals surface area contributed by atoms with E-state index in [-0.39, 0.29) is 13.2 Å². The van der Waals surface area contributed by atoms with Crippen LogP contribution < -0.4 is 11.0 Å². The Morgan fingerprint density at radius 3 is 1.62 bits per heavy atom. The summed E-state index contributed by atoms with van der Waals surface area (Å²) in [5.74, 6) is 1.82. The quantitative estimate of drug-likeness (QED) is 0.111. The van der Waals surface area contributed by atoms with Gasteiger partial charge >= 0.3 is 20.8 Å². The summed E-state index contributed by atoms with van der Waals surface area (Å²) in [7, 11) is -9.72. The second-order valence-corrected chi connectivity index (χ2v) is 30.0. The number of carbonyl (C=O) groups is 2. The molecule has 17 heteroatoms. The molecule has 0 aliphatic carbocycles. The summed E-state index contributed by atoms with van der Waals surface area (Å²) in [5, 5.41) is 2.90. The summed E-state index contributed by atoms with van der Waals surface area (Å²) < 4.78 is 30.8. The minimum absolute atomic E-state index is 0.205. The molecule has 0 saturated carbocycles. The molecule has 0 saturated heterocycles. The van der Waals surface area contributed by atoms with Gasteiger partial charge in [0.25, 0.3) is 0 Å². The number of aliphatic imine (C=N–C) groups is 4. The molecule has 4 aliphatic heterocycles. The summed E-state index contributed by atoms with van der Waals surface area (Å²) in [4.78, 5) is 59.3. The molecule has 0 unspecified atom stereocenters. The predicted molar refractivity (Wildman–Crippen MR) is 251 cm³/mol. The molecule has 0 N–H and O–H groups in total. The van der Waals surface area contributed by atoms with E-state index >= 15 is 0 Å². The van der Waals surface area contributed by atoms with Crippen molar-refractivity contribution in [3.8, 4) is 0 Å². The summed E-state index contributed by atoms with van der Waals surface area (Å²) in [6.07, 6.45) is 0. The third kappa shape index (κ3) is 6.64. The number of aryl methyl sites for hydroxylation is 2. The van der Waals surface area contributed by atoms with Gasteiger partial charge in [0.15, 0.2) is 40.0 Å². The van der Waals surface area contributed by atoms with Crippen molar-refractivity contribution in [2.24, 2.45) is 30.0 Å². The highest BCUT2D eigenvalue weighted by Gasteiger charge is 2.56. The van der Waals surface area contributed by atoms with E-state index in [0.717, 1.165) is 33.0 Å². The van der Waals surface area contributed by atoms with Crippen LogP contribution in [0.3, 0.4) is 0 Å². The maximum atomic E-state index is 13.6. The van der Waals surface area contributed by atoms with Crippen molar-refractivity contribution < 1.29 is 27.3 Å². The molecule has 6 heterocycles. The Hall–Kier alpha value is -6.25. The molecule has 6 bridgehead atoms. The van der Waals surface area contributed by atoms with Crippen LogP contribution in [0.1, 0.15) is 67.9 Å². The number of amidine groups is 4. The normalized spacial score (nSPS) is 18.4. The van der Waals surface area contributed by atoms with Crippen LogP contribution in [-0.4, -0.2) is 82.5 Å². The molecule has 4 aromatic carbocycles. The fourth-order valence-corrected chi connectivity index (χ4v) is 18.9. The second-order valence-electron chi connectivity index (χ2n) is 18.0. The van der Waals surface area contributed by atoms with Crippen LogP contribution in [0.15, 0.2) is 103 Å². The standard InChI is InChI=1S/C46H46N8O6Si3/c1-11-57-45(55)27-15-19-30-34(23-27)40-48-38(30)49-43-35-22-26(4)14-18-31(35)41-51-39-33-21-25(3)13-17-29(33)37(47-39)50-44-36-24-28(46(56)58-12-2)16-20-32(36)42(52-40)54(44)63(53(41)43,59-61(5,6)7)60-62(8,9)10/h13-24H,11-12H2,1-10H3/b49-38-,49-43?,50-37?,50-44-,51-39-,51-41?,52-40?,52-42-. The van der Waals surface area contributed by atoms with Crippen molar-refractivity contribution in [1.82, 2.24) is 8.47 Å². The van der Waals surface area contributed by atoms with Crippen LogP contribution in [0.2, 0.25) is 39.3 Å². The van der Waals surface area contributed by atoms with E-state index in [9.17, 15) is 9.59 Å². The van der Waals surface area contributed by atoms with Gasteiger partial charge in [-0.3, -0.25) is 8.47 Å². The minimum atomic E-state index is -4.35. The Bertz CT molecular complexity index is 3300. The first-order chi connectivity index (χ1) is 30.0. The number of ether oxygens (including phenoxy) is 2. The van der Waals surface area contributed by atoms with Crippen molar-refractivity contribution in [2.75, 3.05) is 13.2 Å². The van der Waals surface area contributed by atoms with Gasteiger partial charge in [0.1, 0.15) is 22.6 Å². The first-order valence-electron chi connectivity index (χ1n) is 21.1. The topological polar surface area (TPSA) is 155 Å². The molecule has 63 heavy (non-hydrogen) atoms. The maximum absolute atomic E-state index is 13.6. The Morgan fingerprint density at radius 1 is 0.508 bits per heavy atom. The molecule has 0 atom stereocenters. The molecule has 4 aliphatic rings. The van der Waals surface area contributed by atoms with E-state index in [2.05, 4.69) is 74.7 Å². The number of hydrogen-bond acceptors (Lipinski definition) is 12. The van der Waals surface area contributed by atoms with Gasteiger partial charge < -0.3 is 17.7 Å². The lowest BCUT2D eigenvalue weighted by Gasteiger charge is -2.41. The van der Waals surface area contributed by atoms with E-state index in [1.54, 1.807) is 38.1 Å². The monoisotopic (exact) mass is 890 g/mol. The Balaban J connectivity index is 1.51. The number of nitrogens with zero attached hydrogens (tertiary/aromatic N) is 8. The first-order valence-corrected chi connectivity index (χ1v) is 29.6.